The van der Waals surface area contributed by atoms with Crippen molar-refractivity contribution in [1.29, 1.82) is 0 Å². The summed E-state index contributed by atoms with van der Waals surface area (Å²) in [6, 6.07) is 6.94. The molecular formula is C24H25F6N3O. The van der Waals surface area contributed by atoms with Crippen LogP contribution in [0.5, 0.6) is 5.75 Å². The zero-order chi connectivity index (χ0) is 25.3. The maximum absolute atomic E-state index is 13.8. The molecule has 0 radical (unpaired) electrons. The van der Waals surface area contributed by atoms with Crippen molar-refractivity contribution in [2.24, 2.45) is 5.73 Å². The predicted octanol–water partition coefficient (Wildman–Crippen LogP) is 6.80. The van der Waals surface area contributed by atoms with E-state index in [-0.39, 0.29) is 45.1 Å². The van der Waals surface area contributed by atoms with Crippen molar-refractivity contribution in [2.45, 2.75) is 45.1 Å². The second-order valence-electron chi connectivity index (χ2n) is 8.07. The van der Waals surface area contributed by atoms with Gasteiger partial charge in [-0.3, -0.25) is 0 Å². The van der Waals surface area contributed by atoms with Gasteiger partial charge in [0.1, 0.15) is 11.4 Å². The summed E-state index contributed by atoms with van der Waals surface area (Å²) in [5, 5.41) is 3.29. The van der Waals surface area contributed by atoms with Crippen LogP contribution in [-0.2, 0) is 12.4 Å². The Labute approximate surface area is 193 Å². The van der Waals surface area contributed by atoms with Gasteiger partial charge in [0, 0.05) is 23.1 Å². The van der Waals surface area contributed by atoms with Crippen molar-refractivity contribution in [3.63, 3.8) is 0 Å². The lowest BCUT2D eigenvalue weighted by atomic mass is 9.91. The number of methoxy groups -OCH3 is 1. The minimum atomic E-state index is -4.73. The fraction of sp³-hybridized carbons (Fsp3) is 0.375. The van der Waals surface area contributed by atoms with Gasteiger partial charge >= 0.3 is 12.4 Å². The Morgan fingerprint density at radius 3 is 2.32 bits per heavy atom. The minimum Gasteiger partial charge on any atom is -0.496 e. The Morgan fingerprint density at radius 1 is 1.06 bits per heavy atom. The maximum Gasteiger partial charge on any atom is 0.433 e. The molecule has 1 unspecified atom stereocenters. The van der Waals surface area contributed by atoms with Crippen LogP contribution in [0.4, 0.5) is 32.0 Å². The molecule has 1 atom stereocenters. The summed E-state index contributed by atoms with van der Waals surface area (Å²) < 4.78 is 87.7. The molecule has 1 aromatic heterocycles. The summed E-state index contributed by atoms with van der Waals surface area (Å²) in [7, 11) is 1.30. The van der Waals surface area contributed by atoms with Crippen LogP contribution in [-0.4, -0.2) is 24.7 Å². The van der Waals surface area contributed by atoms with Gasteiger partial charge in [-0.1, -0.05) is 18.2 Å². The van der Waals surface area contributed by atoms with Crippen LogP contribution < -0.4 is 15.8 Å². The number of pyridine rings is 1. The molecule has 0 aliphatic carbocycles. The monoisotopic (exact) mass is 485 g/mol. The van der Waals surface area contributed by atoms with Gasteiger partial charge in [-0.25, -0.2) is 4.98 Å². The van der Waals surface area contributed by atoms with Crippen LogP contribution in [0.1, 0.15) is 36.6 Å². The van der Waals surface area contributed by atoms with Gasteiger partial charge in [-0.15, -0.1) is 0 Å². The molecule has 0 spiro atoms. The number of halogens is 6. The van der Waals surface area contributed by atoms with Crippen LogP contribution in [0.2, 0.25) is 0 Å². The van der Waals surface area contributed by atoms with Crippen LogP contribution in [0.25, 0.3) is 22.0 Å². The van der Waals surface area contributed by atoms with Gasteiger partial charge in [0.2, 0.25) is 0 Å². The Hall–Kier alpha value is -3.01. The number of nitrogens with one attached hydrogen (secondary N) is 1. The van der Waals surface area contributed by atoms with E-state index in [2.05, 4.69) is 10.3 Å². The average molecular weight is 485 g/mol. The molecule has 0 saturated heterocycles. The van der Waals surface area contributed by atoms with Gasteiger partial charge in [0.05, 0.1) is 23.9 Å². The first-order valence-corrected chi connectivity index (χ1v) is 10.6. The molecule has 3 rings (SSSR count). The van der Waals surface area contributed by atoms with Crippen molar-refractivity contribution in [1.82, 2.24) is 4.98 Å². The SMILES string of the molecule is COc1cc(NC(C)CCCN)c2nc(C(F)(F)F)cc(C)c2c1-c1ccccc1C(F)(F)F. The van der Waals surface area contributed by atoms with Gasteiger partial charge in [-0.2, -0.15) is 26.3 Å². The number of aromatic nitrogens is 1. The molecule has 0 amide bonds. The van der Waals surface area contributed by atoms with E-state index < -0.39 is 23.6 Å². The summed E-state index contributed by atoms with van der Waals surface area (Å²) in [6.45, 7) is 3.69. The van der Waals surface area contributed by atoms with E-state index in [1.165, 1.54) is 38.3 Å². The van der Waals surface area contributed by atoms with Crippen LogP contribution in [0.15, 0.2) is 36.4 Å². The highest BCUT2D eigenvalue weighted by Crippen LogP contribution is 2.47. The number of alkyl halides is 6. The summed E-state index contributed by atoms with van der Waals surface area (Å²) in [6.07, 6.45) is -8.10. The molecule has 0 fully saturated rings. The van der Waals surface area contributed by atoms with Crippen LogP contribution in [0.3, 0.4) is 0 Å². The Balaban J connectivity index is 2.41. The van der Waals surface area contributed by atoms with Gasteiger partial charge in [-0.05, 0) is 56.5 Å². The van der Waals surface area contributed by atoms with Crippen LogP contribution in [0, 0.1) is 6.92 Å². The fourth-order valence-corrected chi connectivity index (χ4v) is 3.97. The third-order valence-corrected chi connectivity index (χ3v) is 5.50. The number of fused-ring (bicyclic) bond motifs is 1. The molecule has 184 valence electrons. The molecule has 3 aromatic rings. The van der Waals surface area contributed by atoms with E-state index in [1.54, 1.807) is 0 Å². The third-order valence-electron chi connectivity index (χ3n) is 5.50. The van der Waals surface area contributed by atoms with Crippen molar-refractivity contribution >= 4 is 16.6 Å². The summed E-state index contributed by atoms with van der Waals surface area (Å²) in [5.41, 5.74) is 3.60. The quantitative estimate of drug-likeness (QED) is 0.362. The Bertz CT molecular complexity index is 1170. The number of aryl methyl sites for hydroxylation is 1. The normalized spacial score (nSPS) is 13.2. The number of ether oxygens (including phenoxy) is 1. The highest BCUT2D eigenvalue weighted by atomic mass is 19.4. The van der Waals surface area contributed by atoms with E-state index in [9.17, 15) is 26.3 Å². The number of benzene rings is 2. The Kier molecular flexibility index (Phi) is 7.30. The molecule has 4 nitrogen and oxygen atoms in total. The molecule has 0 aliphatic rings. The van der Waals surface area contributed by atoms with Gasteiger partial charge < -0.3 is 15.8 Å². The highest BCUT2D eigenvalue weighted by Gasteiger charge is 2.37. The standard InChI is InChI=1S/C24H25F6N3O/c1-13-11-19(24(28,29)30)33-22-17(32-14(2)7-6-10-31)12-18(34-3)21(20(13)22)15-8-4-5-9-16(15)23(25,26)27/h4-5,8-9,11-12,14,32H,6-7,10,31H2,1-3H3. The summed E-state index contributed by atoms with van der Waals surface area (Å²) >= 11 is 0. The van der Waals surface area contributed by atoms with Crippen molar-refractivity contribution < 1.29 is 31.1 Å². The van der Waals surface area contributed by atoms with E-state index in [0.29, 0.717) is 19.4 Å². The fourth-order valence-electron chi connectivity index (χ4n) is 3.97. The number of anilines is 1. The number of nitrogens with two attached hydrogens (primary N) is 1. The lowest BCUT2D eigenvalue weighted by Crippen LogP contribution is -2.18. The first-order chi connectivity index (χ1) is 15.9. The molecule has 10 heteroatoms. The highest BCUT2D eigenvalue weighted by molar-refractivity contribution is 6.06. The number of hydrogen-bond acceptors (Lipinski definition) is 4. The van der Waals surface area contributed by atoms with Gasteiger partial charge in [0.25, 0.3) is 0 Å². The molecule has 0 bridgehead atoms. The lowest BCUT2D eigenvalue weighted by Gasteiger charge is -2.23. The maximum atomic E-state index is 13.8. The van der Waals surface area contributed by atoms with Crippen molar-refractivity contribution in [2.75, 3.05) is 19.0 Å². The van der Waals surface area contributed by atoms with Gasteiger partial charge in [0.15, 0.2) is 0 Å². The van der Waals surface area contributed by atoms with E-state index in [4.69, 9.17) is 10.5 Å². The number of rotatable bonds is 7. The number of nitrogens with zero attached hydrogens (tertiary/aromatic N) is 1. The molecule has 0 aliphatic heterocycles. The summed E-state index contributed by atoms with van der Waals surface area (Å²) in [4.78, 5) is 3.85. The molecule has 3 N–H and O–H groups in total. The summed E-state index contributed by atoms with van der Waals surface area (Å²) in [5.74, 6) is 0.0855. The first-order valence-electron chi connectivity index (χ1n) is 10.6. The van der Waals surface area contributed by atoms with Crippen molar-refractivity contribution in [3.05, 3.63) is 53.2 Å². The molecule has 0 saturated carbocycles. The molecule has 34 heavy (non-hydrogen) atoms. The average Bonchev–Trinajstić information content (AvgIpc) is 2.76. The largest absolute Gasteiger partial charge is 0.496 e. The predicted molar refractivity (Wildman–Crippen MR) is 120 cm³/mol. The molecule has 2 aromatic carbocycles. The topological polar surface area (TPSA) is 60.2 Å². The second kappa shape index (κ2) is 9.69. The first kappa shape index (κ1) is 25.6. The minimum absolute atomic E-state index is 0.0318. The third kappa shape index (κ3) is 5.22. The zero-order valence-electron chi connectivity index (χ0n) is 18.9. The van der Waals surface area contributed by atoms with Crippen molar-refractivity contribution in [3.8, 4) is 16.9 Å². The Morgan fingerprint density at radius 2 is 1.74 bits per heavy atom. The van der Waals surface area contributed by atoms with E-state index in [0.717, 1.165) is 12.1 Å². The lowest BCUT2D eigenvalue weighted by molar-refractivity contribution is -0.141. The van der Waals surface area contributed by atoms with Crippen LogP contribution >= 0.6 is 0 Å². The van der Waals surface area contributed by atoms with E-state index >= 15 is 0 Å². The van der Waals surface area contributed by atoms with E-state index in [1.807, 2.05) is 6.92 Å². The molecular weight excluding hydrogens is 460 g/mol. The molecule has 1 heterocycles. The number of hydrogen-bond donors (Lipinski definition) is 2. The smallest absolute Gasteiger partial charge is 0.433 e. The zero-order valence-corrected chi connectivity index (χ0v) is 18.9. The second-order valence-corrected chi connectivity index (χ2v) is 8.07.